The first-order valence-corrected chi connectivity index (χ1v) is 14.9. The number of nitrogens with zero attached hydrogens (tertiary/aromatic N) is 1. The summed E-state index contributed by atoms with van der Waals surface area (Å²) < 4.78 is 55.5. The van der Waals surface area contributed by atoms with Crippen molar-refractivity contribution in [3.05, 3.63) is 41.5 Å². The number of methoxy groups -OCH3 is 1. The molecule has 2 bridgehead atoms. The maximum absolute atomic E-state index is 13.4. The number of hydrogen-bond donors (Lipinski definition) is 1. The lowest BCUT2D eigenvalue weighted by Gasteiger charge is -2.32. The summed E-state index contributed by atoms with van der Waals surface area (Å²) in [6.07, 6.45) is 4.31. The highest BCUT2D eigenvalue weighted by Crippen LogP contribution is 2.61. The van der Waals surface area contributed by atoms with Crippen LogP contribution in [0.1, 0.15) is 70.9 Å². The van der Waals surface area contributed by atoms with Crippen LogP contribution in [-0.2, 0) is 25.4 Å². The monoisotopic (exact) mass is 596 g/mol. The molecule has 1 aliphatic heterocycles. The van der Waals surface area contributed by atoms with Crippen molar-refractivity contribution in [3.8, 4) is 17.2 Å². The fourth-order valence-corrected chi connectivity index (χ4v) is 7.09. The van der Waals surface area contributed by atoms with Crippen LogP contribution in [0.15, 0.2) is 34.7 Å². The number of carbonyl (C=O) groups excluding carboxylic acids is 1. The van der Waals surface area contributed by atoms with Gasteiger partial charge in [-0.1, -0.05) is 12.1 Å². The Bertz CT molecular complexity index is 1530. The van der Waals surface area contributed by atoms with Crippen molar-refractivity contribution in [2.75, 3.05) is 13.7 Å². The molecule has 6 rings (SSSR count). The molecular formula is C32H39BF2N2O6. The van der Waals surface area contributed by atoms with Gasteiger partial charge >= 0.3 is 19.7 Å². The molecule has 1 N–H and O–H groups in total. The SMILES string of the molecule is COC(=O)C12CCC(CNCc3cc4nc(-c5cccc(B6OC(C)(C)C(C)(C)O6)c5C)oc4cc3OC(F)F)(CC1)C2. The van der Waals surface area contributed by atoms with E-state index in [4.69, 9.17) is 28.2 Å². The highest BCUT2D eigenvalue weighted by molar-refractivity contribution is 6.62. The van der Waals surface area contributed by atoms with Crippen molar-refractivity contribution >= 4 is 29.7 Å². The van der Waals surface area contributed by atoms with Gasteiger partial charge in [0.15, 0.2) is 5.58 Å². The maximum atomic E-state index is 13.4. The topological polar surface area (TPSA) is 92.1 Å². The lowest BCUT2D eigenvalue weighted by Crippen LogP contribution is -2.41. The largest absolute Gasteiger partial charge is 0.495 e. The Morgan fingerprint density at radius 2 is 1.79 bits per heavy atom. The molecule has 3 aliphatic rings. The summed E-state index contributed by atoms with van der Waals surface area (Å²) in [5.74, 6) is 0.289. The van der Waals surface area contributed by atoms with Gasteiger partial charge in [0.05, 0.1) is 23.7 Å². The van der Waals surface area contributed by atoms with Crippen LogP contribution in [0.2, 0.25) is 0 Å². The van der Waals surface area contributed by atoms with Crippen LogP contribution in [0.25, 0.3) is 22.6 Å². The number of esters is 1. The van der Waals surface area contributed by atoms with Crippen LogP contribution in [0.5, 0.6) is 5.75 Å². The van der Waals surface area contributed by atoms with Crippen LogP contribution < -0.4 is 15.5 Å². The van der Waals surface area contributed by atoms with Crippen LogP contribution in [-0.4, -0.2) is 49.5 Å². The standard InChI is InChI=1S/C32H39BF2N2O6/c1-19-21(8-7-9-22(19)33-42-29(2,3)30(4,5)43-33)26-37-23-14-20(24(41-28(34)35)15-25(23)40-26)16-36-18-31-10-12-32(17-31,13-11-31)27(38)39-6/h7-9,14-15,28,36H,10-13,16-18H2,1-6H3. The second-order valence-electron chi connectivity index (χ2n) is 13.5. The Kier molecular flexibility index (Phi) is 7.37. The number of ether oxygens (including phenoxy) is 2. The van der Waals surface area contributed by atoms with Crippen LogP contribution in [0, 0.1) is 17.8 Å². The van der Waals surface area contributed by atoms with Gasteiger partial charge in [0.25, 0.3) is 0 Å². The summed E-state index contributed by atoms with van der Waals surface area (Å²) in [7, 11) is 0.900. The highest BCUT2D eigenvalue weighted by atomic mass is 19.3. The van der Waals surface area contributed by atoms with Gasteiger partial charge in [-0.3, -0.25) is 4.79 Å². The number of hydrogen-bond acceptors (Lipinski definition) is 8. The number of oxazole rings is 1. The normalized spacial score (nSPS) is 25.7. The van der Waals surface area contributed by atoms with Gasteiger partial charge in [0.2, 0.25) is 5.89 Å². The number of nitrogens with one attached hydrogen (secondary N) is 1. The lowest BCUT2D eigenvalue weighted by molar-refractivity contribution is -0.152. The molecule has 8 nitrogen and oxygen atoms in total. The van der Waals surface area contributed by atoms with Crippen LogP contribution >= 0.6 is 0 Å². The van der Waals surface area contributed by atoms with E-state index in [0.29, 0.717) is 35.6 Å². The number of benzene rings is 2. The van der Waals surface area contributed by atoms with E-state index in [1.54, 1.807) is 6.07 Å². The molecule has 0 atom stereocenters. The van der Waals surface area contributed by atoms with E-state index >= 15 is 0 Å². The number of fused-ring (bicyclic) bond motifs is 3. The molecule has 2 heterocycles. The Balaban J connectivity index is 1.24. The molecule has 2 aliphatic carbocycles. The van der Waals surface area contributed by atoms with E-state index in [1.165, 1.54) is 13.2 Å². The van der Waals surface area contributed by atoms with Crippen molar-refractivity contribution < 1.29 is 36.8 Å². The molecule has 11 heteroatoms. The molecule has 2 aromatic carbocycles. The quantitative estimate of drug-likeness (QED) is 0.241. The first kappa shape index (κ1) is 30.0. The van der Waals surface area contributed by atoms with Gasteiger partial charge in [-0.05, 0) is 95.3 Å². The predicted octanol–water partition coefficient (Wildman–Crippen LogP) is 5.92. The number of alkyl halides is 2. The second kappa shape index (κ2) is 10.6. The van der Waals surface area contributed by atoms with Crippen molar-refractivity contribution in [3.63, 3.8) is 0 Å². The molecule has 0 amide bonds. The minimum atomic E-state index is -2.98. The highest BCUT2D eigenvalue weighted by Gasteiger charge is 2.58. The minimum absolute atomic E-state index is 0.00278. The summed E-state index contributed by atoms with van der Waals surface area (Å²) >= 11 is 0. The summed E-state index contributed by atoms with van der Waals surface area (Å²) in [6, 6.07) is 8.99. The average Bonchev–Trinajstić information content (AvgIpc) is 3.68. The lowest BCUT2D eigenvalue weighted by atomic mass is 9.75. The first-order chi connectivity index (χ1) is 20.3. The number of aromatic nitrogens is 1. The van der Waals surface area contributed by atoms with Crippen molar-refractivity contribution in [2.45, 2.75) is 91.1 Å². The van der Waals surface area contributed by atoms with Gasteiger partial charge < -0.3 is 28.5 Å². The smallest absolute Gasteiger partial charge is 0.469 e. The molecule has 43 heavy (non-hydrogen) atoms. The number of carbonyl (C=O) groups is 1. The average molecular weight is 596 g/mol. The Morgan fingerprint density at radius 1 is 1.09 bits per heavy atom. The molecule has 1 saturated heterocycles. The third-order valence-electron chi connectivity index (χ3n) is 10.3. The fraction of sp³-hybridized carbons (Fsp3) is 0.562. The summed E-state index contributed by atoms with van der Waals surface area (Å²) in [6.45, 7) is 8.00. The summed E-state index contributed by atoms with van der Waals surface area (Å²) in [5.41, 5.74) is 2.63. The van der Waals surface area contributed by atoms with E-state index < -0.39 is 24.9 Å². The van der Waals surface area contributed by atoms with E-state index in [0.717, 1.165) is 48.7 Å². The minimum Gasteiger partial charge on any atom is -0.469 e. The number of rotatable bonds is 9. The van der Waals surface area contributed by atoms with Gasteiger partial charge in [0, 0.05) is 30.3 Å². The van der Waals surface area contributed by atoms with Crippen molar-refractivity contribution in [1.29, 1.82) is 0 Å². The zero-order valence-electron chi connectivity index (χ0n) is 25.6. The van der Waals surface area contributed by atoms with Gasteiger partial charge in [-0.2, -0.15) is 8.78 Å². The second-order valence-corrected chi connectivity index (χ2v) is 13.5. The predicted molar refractivity (Wildman–Crippen MR) is 158 cm³/mol. The fourth-order valence-electron chi connectivity index (χ4n) is 7.09. The molecule has 3 fully saturated rings. The van der Waals surface area contributed by atoms with E-state index in [-0.39, 0.29) is 22.5 Å². The first-order valence-electron chi connectivity index (χ1n) is 14.9. The van der Waals surface area contributed by atoms with Crippen molar-refractivity contribution in [2.24, 2.45) is 10.8 Å². The Morgan fingerprint density at radius 3 is 2.44 bits per heavy atom. The van der Waals surface area contributed by atoms with Gasteiger partial charge in [-0.25, -0.2) is 4.98 Å². The maximum Gasteiger partial charge on any atom is 0.495 e. The molecule has 2 saturated carbocycles. The summed E-state index contributed by atoms with van der Waals surface area (Å²) in [5, 5.41) is 3.45. The summed E-state index contributed by atoms with van der Waals surface area (Å²) in [4.78, 5) is 17.1. The van der Waals surface area contributed by atoms with Gasteiger partial charge in [-0.15, -0.1) is 0 Å². The molecule has 0 radical (unpaired) electrons. The molecule has 1 aromatic heterocycles. The van der Waals surface area contributed by atoms with Crippen LogP contribution in [0.3, 0.4) is 0 Å². The van der Waals surface area contributed by atoms with E-state index in [9.17, 15) is 13.6 Å². The van der Waals surface area contributed by atoms with E-state index in [2.05, 4.69) is 5.32 Å². The zero-order chi connectivity index (χ0) is 30.8. The zero-order valence-corrected chi connectivity index (χ0v) is 25.6. The van der Waals surface area contributed by atoms with Crippen molar-refractivity contribution in [1.82, 2.24) is 10.3 Å². The molecular weight excluding hydrogens is 557 g/mol. The van der Waals surface area contributed by atoms with E-state index in [1.807, 2.05) is 52.8 Å². The third-order valence-corrected chi connectivity index (χ3v) is 10.3. The molecule has 0 unspecified atom stereocenters. The van der Waals surface area contributed by atoms with Crippen LogP contribution in [0.4, 0.5) is 8.78 Å². The molecule has 230 valence electrons. The van der Waals surface area contributed by atoms with Gasteiger partial charge in [0.1, 0.15) is 11.3 Å². The molecule has 3 aromatic rings. The number of halogens is 2. The third kappa shape index (κ3) is 5.23. The Labute approximate surface area is 250 Å². The Hall–Kier alpha value is -3.02. The molecule has 0 spiro atoms.